The van der Waals surface area contributed by atoms with Crippen molar-refractivity contribution in [2.24, 2.45) is 5.92 Å². The molecule has 18 heavy (non-hydrogen) atoms. The van der Waals surface area contributed by atoms with E-state index in [-0.39, 0.29) is 6.10 Å². The highest BCUT2D eigenvalue weighted by molar-refractivity contribution is 5.55. The lowest BCUT2D eigenvalue weighted by molar-refractivity contribution is -0.117. The lowest BCUT2D eigenvalue weighted by atomic mass is 9.93. The van der Waals surface area contributed by atoms with Crippen molar-refractivity contribution in [2.75, 3.05) is 6.61 Å². The Morgan fingerprint density at radius 2 is 1.72 bits per heavy atom. The van der Waals surface area contributed by atoms with Crippen LogP contribution < -0.4 is 0 Å². The molecule has 0 aliphatic carbocycles. The molecular weight excluding hydrogens is 224 g/mol. The molecule has 2 unspecified atom stereocenters. The third-order valence-electron chi connectivity index (χ3n) is 4.09. The lowest BCUT2D eigenvalue weighted by Gasteiger charge is -2.12. The zero-order valence-electron chi connectivity index (χ0n) is 12.0. The highest BCUT2D eigenvalue weighted by Crippen LogP contribution is 2.24. The molecule has 1 heterocycles. The molecule has 0 spiro atoms. The van der Waals surface area contributed by atoms with Gasteiger partial charge in [-0.1, -0.05) is 58.3 Å². The van der Waals surface area contributed by atoms with Gasteiger partial charge in [-0.15, -0.1) is 0 Å². The number of unbranched alkanes of at least 4 members (excludes halogenated alkanes) is 6. The van der Waals surface area contributed by atoms with Gasteiger partial charge in [-0.2, -0.15) is 0 Å². The summed E-state index contributed by atoms with van der Waals surface area (Å²) in [5, 5.41) is 0. The third-order valence-corrected chi connectivity index (χ3v) is 4.09. The molecule has 1 aliphatic heterocycles. The first-order valence-electron chi connectivity index (χ1n) is 7.93. The molecular formula is C16H30O2. The van der Waals surface area contributed by atoms with Crippen LogP contribution in [0.25, 0.3) is 0 Å². The van der Waals surface area contributed by atoms with Crippen molar-refractivity contribution in [1.82, 2.24) is 0 Å². The van der Waals surface area contributed by atoms with Crippen molar-refractivity contribution in [3.8, 4) is 0 Å². The van der Waals surface area contributed by atoms with E-state index in [1.165, 1.54) is 57.8 Å². The number of aldehydes is 1. The number of hydrogen-bond acceptors (Lipinski definition) is 2. The van der Waals surface area contributed by atoms with Crippen LogP contribution in [-0.2, 0) is 9.53 Å². The minimum absolute atomic E-state index is 0.121. The number of ether oxygens (including phenoxy) is 1. The van der Waals surface area contributed by atoms with E-state index in [0.29, 0.717) is 0 Å². The molecule has 2 heteroatoms. The van der Waals surface area contributed by atoms with E-state index in [0.717, 1.165) is 31.7 Å². The molecule has 0 radical (unpaired) electrons. The molecule has 1 saturated heterocycles. The predicted molar refractivity (Wildman–Crippen MR) is 75.8 cm³/mol. The second-order valence-corrected chi connectivity index (χ2v) is 5.69. The average molecular weight is 254 g/mol. The van der Waals surface area contributed by atoms with E-state index in [2.05, 4.69) is 6.92 Å². The van der Waals surface area contributed by atoms with E-state index in [1.807, 2.05) is 0 Å². The summed E-state index contributed by atoms with van der Waals surface area (Å²) >= 11 is 0. The Balaban J connectivity index is 1.96. The van der Waals surface area contributed by atoms with Gasteiger partial charge in [0, 0.05) is 6.61 Å². The molecule has 1 aliphatic rings. The zero-order chi connectivity index (χ0) is 13.1. The second kappa shape index (κ2) is 10.5. The molecule has 1 rings (SSSR count). The number of carbonyl (C=O) groups is 1. The fourth-order valence-electron chi connectivity index (χ4n) is 2.80. The highest BCUT2D eigenvalue weighted by atomic mass is 16.5. The fourth-order valence-corrected chi connectivity index (χ4v) is 2.80. The van der Waals surface area contributed by atoms with Crippen LogP contribution in [0.4, 0.5) is 0 Å². The third kappa shape index (κ3) is 7.15. The molecule has 0 saturated carbocycles. The van der Waals surface area contributed by atoms with Crippen molar-refractivity contribution in [3.63, 3.8) is 0 Å². The summed E-state index contributed by atoms with van der Waals surface area (Å²) in [5.74, 6) is 0.797. The maximum Gasteiger partial charge on any atom is 0.148 e. The van der Waals surface area contributed by atoms with Crippen molar-refractivity contribution in [1.29, 1.82) is 0 Å². The maximum atomic E-state index is 10.7. The van der Waals surface area contributed by atoms with E-state index in [9.17, 15) is 4.79 Å². The van der Waals surface area contributed by atoms with Crippen molar-refractivity contribution in [2.45, 2.75) is 83.7 Å². The minimum Gasteiger partial charge on any atom is -0.371 e. The Labute approximate surface area is 112 Å². The minimum atomic E-state index is -0.121. The summed E-state index contributed by atoms with van der Waals surface area (Å²) in [6.45, 7) is 3.05. The summed E-state index contributed by atoms with van der Waals surface area (Å²) in [6, 6.07) is 0. The average Bonchev–Trinajstić information content (AvgIpc) is 2.63. The Kier molecular flexibility index (Phi) is 9.19. The topological polar surface area (TPSA) is 26.3 Å². The van der Waals surface area contributed by atoms with Crippen LogP contribution in [0.2, 0.25) is 0 Å². The number of carbonyl (C=O) groups excluding carboxylic acids is 1. The predicted octanol–water partition coefficient (Wildman–Crippen LogP) is 4.51. The van der Waals surface area contributed by atoms with Crippen LogP contribution in [0, 0.1) is 5.92 Å². The first-order valence-corrected chi connectivity index (χ1v) is 7.93. The van der Waals surface area contributed by atoms with E-state index in [1.54, 1.807) is 0 Å². The van der Waals surface area contributed by atoms with Gasteiger partial charge in [-0.05, 0) is 25.2 Å². The van der Waals surface area contributed by atoms with Gasteiger partial charge < -0.3 is 9.53 Å². The molecule has 0 aromatic rings. The first kappa shape index (κ1) is 15.7. The molecule has 0 aromatic carbocycles. The van der Waals surface area contributed by atoms with E-state index < -0.39 is 0 Å². The second-order valence-electron chi connectivity index (χ2n) is 5.69. The lowest BCUT2D eigenvalue weighted by Crippen LogP contribution is -2.12. The largest absolute Gasteiger partial charge is 0.371 e. The molecule has 1 fully saturated rings. The standard InChI is InChI=1S/C16H30O2/c1-2-3-4-5-6-7-8-9-15-10-11-16(14-17)18-13-12-15/h14-16H,2-13H2,1H3. The van der Waals surface area contributed by atoms with Gasteiger partial charge in [-0.3, -0.25) is 0 Å². The fraction of sp³-hybridized carbons (Fsp3) is 0.938. The van der Waals surface area contributed by atoms with Gasteiger partial charge in [0.2, 0.25) is 0 Å². The van der Waals surface area contributed by atoms with Gasteiger partial charge >= 0.3 is 0 Å². The monoisotopic (exact) mass is 254 g/mol. The summed E-state index contributed by atoms with van der Waals surface area (Å²) in [5.41, 5.74) is 0. The number of rotatable bonds is 9. The van der Waals surface area contributed by atoms with Crippen LogP contribution in [0.1, 0.15) is 77.6 Å². The maximum absolute atomic E-state index is 10.7. The van der Waals surface area contributed by atoms with Crippen LogP contribution in [-0.4, -0.2) is 19.0 Å². The SMILES string of the molecule is CCCCCCCCCC1CCOC(C=O)CC1. The highest BCUT2D eigenvalue weighted by Gasteiger charge is 2.18. The summed E-state index contributed by atoms with van der Waals surface area (Å²) in [7, 11) is 0. The Hall–Kier alpha value is -0.370. The normalized spacial score (nSPS) is 24.7. The Morgan fingerprint density at radius 1 is 1.00 bits per heavy atom. The van der Waals surface area contributed by atoms with E-state index >= 15 is 0 Å². The van der Waals surface area contributed by atoms with Crippen LogP contribution >= 0.6 is 0 Å². The summed E-state index contributed by atoms with van der Waals surface area (Å²) in [4.78, 5) is 10.7. The first-order chi connectivity index (χ1) is 8.86. The zero-order valence-corrected chi connectivity index (χ0v) is 12.0. The van der Waals surface area contributed by atoms with Gasteiger partial charge in [-0.25, -0.2) is 0 Å². The van der Waals surface area contributed by atoms with Gasteiger partial charge in [0.15, 0.2) is 0 Å². The summed E-state index contributed by atoms with van der Waals surface area (Å²) < 4.78 is 5.49. The van der Waals surface area contributed by atoms with Crippen molar-refractivity contribution >= 4 is 6.29 Å². The van der Waals surface area contributed by atoms with E-state index in [4.69, 9.17) is 4.74 Å². The molecule has 106 valence electrons. The Morgan fingerprint density at radius 3 is 2.44 bits per heavy atom. The molecule has 0 bridgehead atoms. The summed E-state index contributed by atoms with van der Waals surface area (Å²) in [6.07, 6.45) is 15.2. The van der Waals surface area contributed by atoms with Gasteiger partial charge in [0.25, 0.3) is 0 Å². The molecule has 2 nitrogen and oxygen atoms in total. The molecule has 2 atom stereocenters. The quantitative estimate of drug-likeness (QED) is 0.447. The van der Waals surface area contributed by atoms with Crippen molar-refractivity contribution in [3.05, 3.63) is 0 Å². The van der Waals surface area contributed by atoms with Crippen molar-refractivity contribution < 1.29 is 9.53 Å². The Bertz CT molecular complexity index is 203. The van der Waals surface area contributed by atoms with Gasteiger partial charge in [0.1, 0.15) is 12.4 Å². The number of hydrogen-bond donors (Lipinski definition) is 0. The molecule has 0 N–H and O–H groups in total. The smallest absolute Gasteiger partial charge is 0.148 e. The molecule has 0 amide bonds. The van der Waals surface area contributed by atoms with Crippen LogP contribution in [0.3, 0.4) is 0 Å². The van der Waals surface area contributed by atoms with Crippen LogP contribution in [0.5, 0.6) is 0 Å². The van der Waals surface area contributed by atoms with Crippen LogP contribution in [0.15, 0.2) is 0 Å². The van der Waals surface area contributed by atoms with Gasteiger partial charge in [0.05, 0.1) is 0 Å². The molecule has 0 aromatic heterocycles.